The van der Waals surface area contributed by atoms with Crippen molar-refractivity contribution in [3.63, 3.8) is 0 Å². The summed E-state index contributed by atoms with van der Waals surface area (Å²) >= 11 is 4.21. The van der Waals surface area contributed by atoms with Gasteiger partial charge in [-0.15, -0.1) is 23.5 Å². The van der Waals surface area contributed by atoms with Crippen LogP contribution in [0.2, 0.25) is 0 Å². The number of rotatable bonds is 9. The van der Waals surface area contributed by atoms with Crippen LogP contribution in [0.15, 0.2) is 91.0 Å². The molecule has 0 nitrogen and oxygen atoms in total. The summed E-state index contributed by atoms with van der Waals surface area (Å²) in [6.45, 7) is 4.56. The Labute approximate surface area is 196 Å². The van der Waals surface area contributed by atoms with Crippen LogP contribution in [0.4, 0.5) is 0 Å². The molecule has 0 radical (unpaired) electrons. The Kier molecular flexibility index (Phi) is 10.4. The van der Waals surface area contributed by atoms with Gasteiger partial charge < -0.3 is 24.0 Å². The van der Waals surface area contributed by atoms with Crippen LogP contribution in [0.3, 0.4) is 0 Å². The van der Waals surface area contributed by atoms with E-state index in [1.54, 1.807) is 0 Å². The van der Waals surface area contributed by atoms with E-state index in [0.29, 0.717) is 4.58 Å². The first-order chi connectivity index (χ1) is 13.3. The van der Waals surface area contributed by atoms with Crippen molar-refractivity contribution in [1.82, 2.24) is 0 Å². The zero-order chi connectivity index (χ0) is 19.0. The summed E-state index contributed by atoms with van der Waals surface area (Å²) in [5.41, 5.74) is 0. The van der Waals surface area contributed by atoms with Gasteiger partial charge in [0.05, 0.1) is 10.7 Å². The second-order valence-corrected chi connectivity index (χ2v) is 13.1. The predicted octanol–water partition coefficient (Wildman–Crippen LogP) is 2.82. The van der Waals surface area contributed by atoms with E-state index >= 15 is 0 Å². The van der Waals surface area contributed by atoms with Crippen molar-refractivity contribution in [2.45, 2.75) is 18.4 Å². The van der Waals surface area contributed by atoms with Crippen molar-refractivity contribution in [2.24, 2.45) is 0 Å². The highest BCUT2D eigenvalue weighted by Crippen LogP contribution is 2.57. The maximum atomic E-state index is 2.35. The highest BCUT2D eigenvalue weighted by Gasteiger charge is 2.47. The molecule has 0 heterocycles. The predicted molar refractivity (Wildman–Crippen MR) is 130 cm³/mol. The molecule has 0 aromatic heterocycles. The lowest BCUT2D eigenvalue weighted by Crippen LogP contribution is -3.00. The third-order valence-electron chi connectivity index (χ3n) is 4.72. The first kappa shape index (κ1) is 23.8. The zero-order valence-electron chi connectivity index (χ0n) is 16.5. The van der Waals surface area contributed by atoms with E-state index in [2.05, 4.69) is 128 Å². The summed E-state index contributed by atoms with van der Waals surface area (Å²) in [4.78, 5) is 0. The van der Waals surface area contributed by atoms with Crippen LogP contribution in [0.25, 0.3) is 0 Å². The smallest absolute Gasteiger partial charge is 0.114 e. The summed E-state index contributed by atoms with van der Waals surface area (Å²) in [6, 6.07) is 33.7. The van der Waals surface area contributed by atoms with E-state index < -0.39 is 7.26 Å². The second-order valence-electron chi connectivity index (χ2n) is 6.34. The van der Waals surface area contributed by atoms with E-state index in [9.17, 15) is 0 Å². The van der Waals surface area contributed by atoms with E-state index in [1.807, 2.05) is 0 Å². The Morgan fingerprint density at radius 3 is 1.21 bits per heavy atom. The van der Waals surface area contributed by atoms with Crippen molar-refractivity contribution in [3.05, 3.63) is 91.0 Å². The van der Waals surface area contributed by atoms with Crippen molar-refractivity contribution in [3.8, 4) is 0 Å². The van der Waals surface area contributed by atoms with Crippen LogP contribution in [-0.4, -0.2) is 22.2 Å². The molecule has 148 valence electrons. The largest absolute Gasteiger partial charge is 1.00 e. The summed E-state index contributed by atoms with van der Waals surface area (Å²) in [6.07, 6.45) is 1.20. The highest BCUT2D eigenvalue weighted by atomic mass is 127. The monoisotopic (exact) mass is 538 g/mol. The molecule has 0 unspecified atom stereocenters. The Balaban J connectivity index is 0.00000280. The van der Waals surface area contributed by atoms with E-state index in [0.717, 1.165) is 11.5 Å². The molecule has 0 aliphatic rings. The quantitative estimate of drug-likeness (QED) is 0.234. The lowest BCUT2D eigenvalue weighted by atomic mass is 10.4. The minimum absolute atomic E-state index is 0. The third kappa shape index (κ3) is 5.56. The van der Waals surface area contributed by atoms with Crippen LogP contribution in [0, 0.1) is 0 Å². The van der Waals surface area contributed by atoms with Gasteiger partial charge in [0.1, 0.15) is 23.2 Å². The molecule has 0 atom stereocenters. The molecule has 0 fully saturated rings. The van der Waals surface area contributed by atoms with E-state index in [-0.39, 0.29) is 24.0 Å². The summed E-state index contributed by atoms with van der Waals surface area (Å²) < 4.78 is 0.606. The number of hydrogen-bond donors (Lipinski definition) is 0. The average molecular weight is 539 g/mol. The van der Waals surface area contributed by atoms with Crippen molar-refractivity contribution >= 4 is 46.7 Å². The van der Waals surface area contributed by atoms with Crippen molar-refractivity contribution in [2.75, 3.05) is 17.7 Å². The Bertz CT molecular complexity index is 694. The van der Waals surface area contributed by atoms with Crippen molar-refractivity contribution < 1.29 is 24.0 Å². The standard InChI is InChI=1S/C24H28PS2.HI/c1-3-26-24(27-4-2)20-25(21-14-8-5-9-15-21,22-16-10-6-11-17-22)23-18-12-7-13-19-23;/h5-19,24H,3-4,20H2,1-2H3;1H/q+1;/p-1. The Hall–Kier alpha value is -0.480. The fraction of sp³-hybridized carbons (Fsp3) is 0.250. The van der Waals surface area contributed by atoms with E-state index in [1.165, 1.54) is 22.1 Å². The zero-order valence-corrected chi connectivity index (χ0v) is 21.2. The fourth-order valence-electron chi connectivity index (χ4n) is 3.56. The Morgan fingerprint density at radius 2 is 0.929 bits per heavy atom. The molecule has 0 saturated heterocycles. The maximum absolute atomic E-state index is 2.35. The van der Waals surface area contributed by atoms with Crippen LogP contribution in [0.1, 0.15) is 13.8 Å². The lowest BCUT2D eigenvalue weighted by Gasteiger charge is -2.30. The second kappa shape index (κ2) is 12.3. The molecule has 3 aromatic rings. The molecule has 0 saturated carbocycles. The maximum Gasteiger partial charge on any atom is 0.114 e. The minimum Gasteiger partial charge on any atom is -1.00 e. The summed E-state index contributed by atoms with van der Waals surface area (Å²) in [7, 11) is -1.71. The van der Waals surface area contributed by atoms with Gasteiger partial charge in [-0.2, -0.15) is 0 Å². The average Bonchev–Trinajstić information content (AvgIpc) is 2.74. The molecule has 4 heteroatoms. The van der Waals surface area contributed by atoms with Gasteiger partial charge in [0.25, 0.3) is 0 Å². The molecule has 0 spiro atoms. The van der Waals surface area contributed by atoms with Gasteiger partial charge in [-0.1, -0.05) is 68.4 Å². The van der Waals surface area contributed by atoms with Gasteiger partial charge in [-0.05, 0) is 47.9 Å². The number of halogens is 1. The van der Waals surface area contributed by atoms with E-state index in [4.69, 9.17) is 0 Å². The topological polar surface area (TPSA) is 0 Å². The molecule has 0 N–H and O–H groups in total. The first-order valence-electron chi connectivity index (χ1n) is 9.59. The number of thioether (sulfide) groups is 2. The van der Waals surface area contributed by atoms with Crippen LogP contribution in [0.5, 0.6) is 0 Å². The number of benzene rings is 3. The Morgan fingerprint density at radius 1 is 0.607 bits per heavy atom. The van der Waals surface area contributed by atoms with Crippen LogP contribution < -0.4 is 39.9 Å². The SMILES string of the molecule is CCSC(C[P+](c1ccccc1)(c1ccccc1)c1ccccc1)SCC.[I-]. The lowest BCUT2D eigenvalue weighted by molar-refractivity contribution is -0.00000524. The molecule has 3 aromatic carbocycles. The van der Waals surface area contributed by atoms with Crippen LogP contribution in [-0.2, 0) is 0 Å². The molecular weight excluding hydrogens is 510 g/mol. The molecule has 0 aliphatic heterocycles. The molecule has 0 aliphatic carbocycles. The molecule has 3 rings (SSSR count). The van der Waals surface area contributed by atoms with Gasteiger partial charge in [0.2, 0.25) is 0 Å². The van der Waals surface area contributed by atoms with Crippen molar-refractivity contribution in [1.29, 1.82) is 0 Å². The van der Waals surface area contributed by atoms with Gasteiger partial charge in [-0.3, -0.25) is 0 Å². The van der Waals surface area contributed by atoms with Gasteiger partial charge in [0, 0.05) is 0 Å². The normalized spacial score (nSPS) is 11.2. The molecule has 0 amide bonds. The molecule has 0 bridgehead atoms. The van der Waals surface area contributed by atoms with Gasteiger partial charge >= 0.3 is 0 Å². The first-order valence-corrected chi connectivity index (χ1v) is 13.7. The fourth-order valence-corrected chi connectivity index (χ4v) is 11.7. The molecular formula is C24H28IPS2. The highest BCUT2D eigenvalue weighted by molar-refractivity contribution is 8.17. The summed E-state index contributed by atoms with van der Waals surface area (Å²) in [5.74, 6) is 2.33. The van der Waals surface area contributed by atoms with Gasteiger partial charge in [0.15, 0.2) is 0 Å². The minimum atomic E-state index is -1.71. The number of hydrogen-bond acceptors (Lipinski definition) is 2. The third-order valence-corrected chi connectivity index (χ3v) is 12.2. The van der Waals surface area contributed by atoms with Crippen LogP contribution >= 0.6 is 30.8 Å². The molecule has 28 heavy (non-hydrogen) atoms. The van der Waals surface area contributed by atoms with Gasteiger partial charge in [-0.25, -0.2) is 0 Å². The summed E-state index contributed by atoms with van der Waals surface area (Å²) in [5, 5.41) is 4.46.